The summed E-state index contributed by atoms with van der Waals surface area (Å²) in [4.78, 5) is 11.2. The number of carbonyl (C=O) groups is 1. The van der Waals surface area contributed by atoms with E-state index in [9.17, 15) is 4.79 Å². The summed E-state index contributed by atoms with van der Waals surface area (Å²) in [6.45, 7) is 12.4. The fraction of sp³-hybridized carbons (Fsp3) is 0.909. The number of hydrogen-bond donors (Lipinski definition) is 0. The van der Waals surface area contributed by atoms with Crippen molar-refractivity contribution in [2.24, 2.45) is 0 Å². The molecule has 1 aliphatic rings. The molecule has 1 saturated heterocycles. The molecule has 1 aliphatic heterocycles. The molecule has 0 aliphatic carbocycles. The van der Waals surface area contributed by atoms with Gasteiger partial charge in [-0.1, -0.05) is 6.82 Å². The highest BCUT2D eigenvalue weighted by atomic mass is 16.8. The molecule has 18 heavy (non-hydrogen) atoms. The van der Waals surface area contributed by atoms with Gasteiger partial charge in [-0.15, -0.1) is 0 Å². The largest absolute Gasteiger partial charge is 0.624 e. The first-order chi connectivity index (χ1) is 8.06. The van der Waals surface area contributed by atoms with Crippen molar-refractivity contribution in [3.63, 3.8) is 0 Å². The molecule has 1 rings (SSSR count). The van der Waals surface area contributed by atoms with E-state index in [0.717, 1.165) is 0 Å². The maximum atomic E-state index is 11.2. The molecule has 5 nitrogen and oxygen atoms in total. The van der Waals surface area contributed by atoms with Crippen LogP contribution in [-0.4, -0.2) is 37.6 Å². The minimum atomic E-state index is -0.839. The van der Waals surface area contributed by atoms with E-state index in [4.69, 9.17) is 18.6 Å². The highest BCUT2D eigenvalue weighted by Crippen LogP contribution is 2.46. The number of rotatable bonds is 4. The van der Waals surface area contributed by atoms with Crippen molar-refractivity contribution in [1.82, 2.24) is 0 Å². The van der Waals surface area contributed by atoms with Crippen molar-refractivity contribution < 1.29 is 23.4 Å². The van der Waals surface area contributed by atoms with Crippen LogP contribution in [0.5, 0.6) is 0 Å². The van der Waals surface area contributed by atoms with Gasteiger partial charge in [0.2, 0.25) is 0 Å². The molecule has 0 aromatic rings. The van der Waals surface area contributed by atoms with Crippen LogP contribution >= 0.6 is 0 Å². The first kappa shape index (κ1) is 15.5. The first-order valence-corrected chi connectivity index (χ1v) is 6.04. The van der Waals surface area contributed by atoms with Crippen LogP contribution < -0.4 is 0 Å². The van der Waals surface area contributed by atoms with Crippen LogP contribution in [0.25, 0.3) is 0 Å². The second kappa shape index (κ2) is 4.87. The quantitative estimate of drug-likeness (QED) is 0.563. The minimum absolute atomic E-state index is 0.355. The topological polar surface area (TPSA) is 54.0 Å². The zero-order valence-electron chi connectivity index (χ0n) is 12.2. The molecule has 1 heterocycles. The Morgan fingerprint density at radius 1 is 1.28 bits per heavy atom. The van der Waals surface area contributed by atoms with E-state index in [1.165, 1.54) is 14.4 Å². The van der Waals surface area contributed by atoms with Crippen LogP contribution in [0.4, 0.5) is 0 Å². The Morgan fingerprint density at radius 2 is 1.83 bits per heavy atom. The first-order valence-electron chi connectivity index (χ1n) is 6.04. The van der Waals surface area contributed by atoms with Crippen LogP contribution in [0, 0.1) is 0 Å². The van der Waals surface area contributed by atoms with Crippen LogP contribution in [0.3, 0.4) is 0 Å². The van der Waals surface area contributed by atoms with Crippen LogP contribution in [0.1, 0.15) is 41.5 Å². The molecule has 1 radical (unpaired) electrons. The van der Waals surface area contributed by atoms with Gasteiger partial charge in [-0.3, -0.25) is 4.79 Å². The molecule has 0 N–H and O–H groups in total. The van der Waals surface area contributed by atoms with Crippen LogP contribution in [0.2, 0.25) is 6.82 Å². The SMILES string of the molecule is C[B]OB1OC(C)(C)C(C)(C(C)(C)OC(C)=O)O1. The van der Waals surface area contributed by atoms with Crippen molar-refractivity contribution >= 4 is 20.8 Å². The molecule has 0 aromatic carbocycles. The predicted molar refractivity (Wildman–Crippen MR) is 69.0 cm³/mol. The average molecular weight is 255 g/mol. The maximum absolute atomic E-state index is 11.2. The Bertz CT molecular complexity index is 331. The fourth-order valence-electron chi connectivity index (χ4n) is 2.20. The second-order valence-electron chi connectivity index (χ2n) is 5.54. The van der Waals surface area contributed by atoms with Gasteiger partial charge in [0, 0.05) is 6.92 Å². The molecule has 0 amide bonds. The van der Waals surface area contributed by atoms with E-state index in [2.05, 4.69) is 0 Å². The Balaban J connectivity index is 2.99. The molecule has 7 heteroatoms. The van der Waals surface area contributed by atoms with Crippen molar-refractivity contribution in [3.05, 3.63) is 0 Å². The normalized spacial score (nSPS) is 27.2. The number of hydrogen-bond acceptors (Lipinski definition) is 5. The van der Waals surface area contributed by atoms with Gasteiger partial charge in [-0.25, -0.2) is 0 Å². The molecule has 1 unspecified atom stereocenters. The summed E-state index contributed by atoms with van der Waals surface area (Å²) < 4.78 is 22.1. The number of ether oxygens (including phenoxy) is 1. The van der Waals surface area contributed by atoms with Gasteiger partial charge >= 0.3 is 13.3 Å². The zero-order chi connectivity index (χ0) is 14.2. The summed E-state index contributed by atoms with van der Waals surface area (Å²) in [5.74, 6) is -0.355. The third-order valence-electron chi connectivity index (χ3n) is 3.67. The summed E-state index contributed by atoms with van der Waals surface area (Å²) in [5, 5.41) is 0. The lowest BCUT2D eigenvalue weighted by atomic mass is 9.75. The Hall–Kier alpha value is -0.520. The van der Waals surface area contributed by atoms with E-state index in [0.29, 0.717) is 0 Å². The molecule has 0 aromatic heterocycles. The van der Waals surface area contributed by atoms with E-state index >= 15 is 0 Å². The lowest BCUT2D eigenvalue weighted by Gasteiger charge is -2.46. The van der Waals surface area contributed by atoms with E-state index in [1.807, 2.05) is 20.8 Å². The minimum Gasteiger partial charge on any atom is -0.457 e. The van der Waals surface area contributed by atoms with Gasteiger partial charge in [0.1, 0.15) is 11.2 Å². The standard InChI is InChI=1S/C11H21B2O5/c1-8(14)15-9(2,3)11(6)10(4,5)16-13(17-11)18-12-7/h1-7H3. The van der Waals surface area contributed by atoms with Crippen molar-refractivity contribution in [1.29, 1.82) is 0 Å². The predicted octanol–water partition coefficient (Wildman–Crippen LogP) is 1.58. The van der Waals surface area contributed by atoms with Gasteiger partial charge in [-0.2, -0.15) is 0 Å². The Labute approximate surface area is 110 Å². The maximum Gasteiger partial charge on any atom is 0.624 e. The van der Waals surface area contributed by atoms with Crippen molar-refractivity contribution in [2.75, 3.05) is 0 Å². The van der Waals surface area contributed by atoms with Crippen molar-refractivity contribution in [3.8, 4) is 0 Å². The lowest BCUT2D eigenvalue weighted by Crippen LogP contribution is -2.61. The second-order valence-corrected chi connectivity index (χ2v) is 5.54. The third kappa shape index (κ3) is 2.58. The van der Waals surface area contributed by atoms with Gasteiger partial charge in [0.05, 0.1) is 5.60 Å². The fourth-order valence-corrected chi connectivity index (χ4v) is 2.20. The zero-order valence-corrected chi connectivity index (χ0v) is 12.2. The van der Waals surface area contributed by atoms with E-state index < -0.39 is 24.1 Å². The monoisotopic (exact) mass is 255 g/mol. The molecule has 1 atom stereocenters. The van der Waals surface area contributed by atoms with Crippen molar-refractivity contribution in [2.45, 2.75) is 65.2 Å². The van der Waals surface area contributed by atoms with Crippen LogP contribution in [0.15, 0.2) is 0 Å². The number of esters is 1. The molecule has 1 fully saturated rings. The van der Waals surface area contributed by atoms with E-state index in [1.54, 1.807) is 20.7 Å². The summed E-state index contributed by atoms with van der Waals surface area (Å²) in [6, 6.07) is 0. The van der Waals surface area contributed by atoms with Gasteiger partial charge < -0.3 is 18.6 Å². The van der Waals surface area contributed by atoms with E-state index in [-0.39, 0.29) is 5.97 Å². The highest BCUT2D eigenvalue weighted by molar-refractivity contribution is 6.48. The third-order valence-corrected chi connectivity index (χ3v) is 3.67. The molecular weight excluding hydrogens is 234 g/mol. The van der Waals surface area contributed by atoms with Gasteiger partial charge in [0.25, 0.3) is 7.48 Å². The molecule has 101 valence electrons. The summed E-state index contributed by atoms with van der Waals surface area (Å²) in [7, 11) is 0.718. The average Bonchev–Trinajstić information content (AvgIpc) is 2.36. The lowest BCUT2D eigenvalue weighted by molar-refractivity contribution is -0.190. The molecular formula is C11H21B2O5. The smallest absolute Gasteiger partial charge is 0.457 e. The summed E-state index contributed by atoms with van der Waals surface area (Å²) in [5.41, 5.74) is -2.31. The number of carbonyl (C=O) groups excluding carboxylic acids is 1. The highest BCUT2D eigenvalue weighted by Gasteiger charge is 2.63. The Morgan fingerprint density at radius 3 is 2.28 bits per heavy atom. The molecule has 0 bridgehead atoms. The van der Waals surface area contributed by atoms with Crippen LogP contribution in [-0.2, 0) is 23.4 Å². The molecule has 0 spiro atoms. The van der Waals surface area contributed by atoms with Gasteiger partial charge in [-0.05, 0) is 34.6 Å². The van der Waals surface area contributed by atoms with Gasteiger partial charge in [0.15, 0.2) is 0 Å². The Kier molecular flexibility index (Phi) is 4.20. The molecule has 0 saturated carbocycles. The summed E-state index contributed by atoms with van der Waals surface area (Å²) in [6.07, 6.45) is 0. The summed E-state index contributed by atoms with van der Waals surface area (Å²) >= 11 is 0.